The van der Waals surface area contributed by atoms with Crippen LogP contribution in [0.25, 0.3) is 11.0 Å². The van der Waals surface area contributed by atoms with Gasteiger partial charge in [0.25, 0.3) is 0 Å². The van der Waals surface area contributed by atoms with Crippen LogP contribution in [0, 0.1) is 0 Å². The van der Waals surface area contributed by atoms with Gasteiger partial charge in [0.2, 0.25) is 11.8 Å². The third-order valence-electron chi connectivity index (χ3n) is 3.27. The van der Waals surface area contributed by atoms with Crippen LogP contribution in [-0.4, -0.2) is 33.5 Å². The quantitative estimate of drug-likeness (QED) is 0.624. The first kappa shape index (κ1) is 15.1. The second-order valence-electron chi connectivity index (χ2n) is 4.76. The number of aromatic nitrogens is 4. The molecule has 0 saturated carbocycles. The van der Waals surface area contributed by atoms with Crippen molar-refractivity contribution in [2.45, 2.75) is 30.8 Å². The van der Waals surface area contributed by atoms with E-state index in [-0.39, 0.29) is 0 Å². The van der Waals surface area contributed by atoms with Crippen molar-refractivity contribution < 1.29 is 9.15 Å². The molecule has 0 unspecified atom stereocenters. The molecule has 0 aliphatic carbocycles. The lowest BCUT2D eigenvalue weighted by Crippen LogP contribution is -2.05. The van der Waals surface area contributed by atoms with E-state index in [1.165, 1.54) is 0 Å². The minimum Gasteiger partial charge on any atom is -0.424 e. The Bertz CT molecular complexity index is 753. The number of hydrogen-bond donors (Lipinski definition) is 0. The van der Waals surface area contributed by atoms with Crippen LogP contribution in [0.1, 0.15) is 18.7 Å². The maximum Gasteiger partial charge on any atom is 0.226 e. The molecule has 0 aliphatic rings. The normalized spacial score (nSPS) is 11.4. The fourth-order valence-electron chi connectivity index (χ4n) is 2.18. The van der Waals surface area contributed by atoms with Gasteiger partial charge in [0.05, 0.1) is 23.4 Å². The van der Waals surface area contributed by atoms with Gasteiger partial charge in [-0.05, 0) is 12.1 Å². The summed E-state index contributed by atoms with van der Waals surface area (Å²) in [7, 11) is 1.71. The van der Waals surface area contributed by atoms with Crippen LogP contribution in [0.4, 0.5) is 0 Å². The second kappa shape index (κ2) is 6.93. The van der Waals surface area contributed by atoms with Gasteiger partial charge in [0.1, 0.15) is 0 Å². The zero-order chi connectivity index (χ0) is 15.4. The molecule has 22 heavy (non-hydrogen) atoms. The number of imidazole rings is 1. The first-order chi connectivity index (χ1) is 10.8. The molecule has 0 atom stereocenters. The van der Waals surface area contributed by atoms with Crippen LogP contribution < -0.4 is 0 Å². The first-order valence-electron chi connectivity index (χ1n) is 7.20. The van der Waals surface area contributed by atoms with E-state index in [1.54, 1.807) is 18.9 Å². The topological polar surface area (TPSA) is 66.0 Å². The molecule has 0 fully saturated rings. The maximum absolute atomic E-state index is 5.54. The number of ether oxygens (including phenoxy) is 1. The SMILES string of the molecule is CCc1nnc(CSc2nc3ccccc3n2CCOC)o1. The number of methoxy groups -OCH3 is 1. The average Bonchev–Trinajstić information content (AvgIpc) is 3.15. The molecule has 2 aromatic heterocycles. The third kappa shape index (κ3) is 3.15. The molecule has 0 spiro atoms. The van der Waals surface area contributed by atoms with Crippen LogP contribution in [0.15, 0.2) is 33.8 Å². The number of para-hydroxylation sites is 2. The van der Waals surface area contributed by atoms with Gasteiger partial charge in [-0.15, -0.1) is 10.2 Å². The van der Waals surface area contributed by atoms with Gasteiger partial charge in [-0.1, -0.05) is 30.8 Å². The molecule has 0 aliphatic heterocycles. The molecule has 3 aromatic rings. The molecular weight excluding hydrogens is 300 g/mol. The molecule has 2 heterocycles. The highest BCUT2D eigenvalue weighted by molar-refractivity contribution is 7.98. The number of nitrogens with zero attached hydrogens (tertiary/aromatic N) is 4. The summed E-state index contributed by atoms with van der Waals surface area (Å²) in [5.74, 6) is 1.92. The molecule has 0 radical (unpaired) electrons. The summed E-state index contributed by atoms with van der Waals surface area (Å²) < 4.78 is 12.9. The Morgan fingerprint density at radius 1 is 1.23 bits per heavy atom. The largest absolute Gasteiger partial charge is 0.424 e. The zero-order valence-electron chi connectivity index (χ0n) is 12.7. The van der Waals surface area contributed by atoms with E-state index >= 15 is 0 Å². The molecule has 0 bridgehead atoms. The fraction of sp³-hybridized carbons (Fsp3) is 0.400. The van der Waals surface area contributed by atoms with Crippen molar-refractivity contribution in [2.24, 2.45) is 0 Å². The number of hydrogen-bond acceptors (Lipinski definition) is 6. The summed E-state index contributed by atoms with van der Waals surface area (Å²) in [5, 5.41) is 8.97. The molecular formula is C15H18N4O2S. The van der Waals surface area contributed by atoms with E-state index in [0.717, 1.165) is 29.2 Å². The third-order valence-corrected chi connectivity index (χ3v) is 4.24. The van der Waals surface area contributed by atoms with E-state index in [4.69, 9.17) is 9.15 Å². The lowest BCUT2D eigenvalue weighted by atomic mass is 10.3. The average molecular weight is 318 g/mol. The van der Waals surface area contributed by atoms with Gasteiger partial charge in [-0.2, -0.15) is 0 Å². The van der Waals surface area contributed by atoms with Crippen LogP contribution >= 0.6 is 11.8 Å². The molecule has 6 nitrogen and oxygen atoms in total. The highest BCUT2D eigenvalue weighted by atomic mass is 32.2. The Hall–Kier alpha value is -1.86. The van der Waals surface area contributed by atoms with E-state index in [9.17, 15) is 0 Å². The van der Waals surface area contributed by atoms with Gasteiger partial charge < -0.3 is 13.7 Å². The van der Waals surface area contributed by atoms with Gasteiger partial charge >= 0.3 is 0 Å². The lowest BCUT2D eigenvalue weighted by molar-refractivity contribution is 0.186. The summed E-state index contributed by atoms with van der Waals surface area (Å²) in [4.78, 5) is 4.69. The molecule has 1 aromatic carbocycles. The van der Waals surface area contributed by atoms with Gasteiger partial charge in [-0.3, -0.25) is 0 Å². The molecule has 7 heteroatoms. The van der Waals surface area contributed by atoms with Gasteiger partial charge in [0, 0.05) is 20.1 Å². The van der Waals surface area contributed by atoms with Gasteiger partial charge in [0.15, 0.2) is 5.16 Å². The van der Waals surface area contributed by atoms with E-state index in [1.807, 2.05) is 25.1 Å². The number of aryl methyl sites for hydroxylation is 1. The monoisotopic (exact) mass is 318 g/mol. The Kier molecular flexibility index (Phi) is 4.74. The maximum atomic E-state index is 5.54. The van der Waals surface area contributed by atoms with Crippen LogP contribution in [0.5, 0.6) is 0 Å². The highest BCUT2D eigenvalue weighted by Gasteiger charge is 2.13. The van der Waals surface area contributed by atoms with Crippen molar-refractivity contribution in [3.63, 3.8) is 0 Å². The first-order valence-corrected chi connectivity index (χ1v) is 8.18. The highest BCUT2D eigenvalue weighted by Crippen LogP contribution is 2.26. The summed E-state index contributed by atoms with van der Waals surface area (Å²) in [5.41, 5.74) is 2.10. The van der Waals surface area contributed by atoms with E-state index < -0.39 is 0 Å². The predicted octanol–water partition coefficient (Wildman–Crippen LogP) is 2.92. The van der Waals surface area contributed by atoms with Crippen molar-refractivity contribution in [1.82, 2.24) is 19.7 Å². The van der Waals surface area contributed by atoms with Gasteiger partial charge in [-0.25, -0.2) is 4.98 Å². The number of rotatable bonds is 7. The second-order valence-corrected chi connectivity index (χ2v) is 5.70. The van der Waals surface area contributed by atoms with E-state index in [2.05, 4.69) is 25.8 Å². The molecule has 0 N–H and O–H groups in total. The zero-order valence-corrected chi connectivity index (χ0v) is 13.5. The predicted molar refractivity (Wildman–Crippen MR) is 84.8 cm³/mol. The van der Waals surface area contributed by atoms with Crippen molar-refractivity contribution in [1.29, 1.82) is 0 Å². The molecule has 0 saturated heterocycles. The summed E-state index contributed by atoms with van der Waals surface area (Å²) in [6.45, 7) is 3.41. The fourth-order valence-corrected chi connectivity index (χ4v) is 3.06. The molecule has 3 rings (SSSR count). The Morgan fingerprint density at radius 2 is 2.05 bits per heavy atom. The Labute approximate surface area is 132 Å². The minimum absolute atomic E-state index is 0.614. The number of thioether (sulfide) groups is 1. The molecule has 0 amide bonds. The Morgan fingerprint density at radius 3 is 2.82 bits per heavy atom. The van der Waals surface area contributed by atoms with Crippen molar-refractivity contribution in [2.75, 3.05) is 13.7 Å². The van der Waals surface area contributed by atoms with E-state index in [0.29, 0.717) is 24.1 Å². The summed E-state index contributed by atoms with van der Waals surface area (Å²) in [6, 6.07) is 8.11. The minimum atomic E-state index is 0.614. The van der Waals surface area contributed by atoms with Crippen molar-refractivity contribution in [3.05, 3.63) is 36.0 Å². The van der Waals surface area contributed by atoms with Crippen LogP contribution in [0.2, 0.25) is 0 Å². The van der Waals surface area contributed by atoms with Crippen LogP contribution in [0.3, 0.4) is 0 Å². The lowest BCUT2D eigenvalue weighted by Gasteiger charge is -2.07. The standard InChI is InChI=1S/C15H18N4O2S/c1-3-13-17-18-14(21-13)10-22-15-16-11-6-4-5-7-12(11)19(15)8-9-20-2/h4-7H,3,8-10H2,1-2H3. The smallest absolute Gasteiger partial charge is 0.226 e. The van der Waals surface area contributed by atoms with Crippen molar-refractivity contribution >= 4 is 22.8 Å². The Balaban J connectivity index is 1.82. The number of fused-ring (bicyclic) bond motifs is 1. The summed E-state index contributed by atoms with van der Waals surface area (Å²) >= 11 is 1.60. The molecule has 116 valence electrons. The summed E-state index contributed by atoms with van der Waals surface area (Å²) in [6.07, 6.45) is 0.754. The van der Waals surface area contributed by atoms with Crippen LogP contribution in [-0.2, 0) is 23.5 Å². The number of benzene rings is 1. The van der Waals surface area contributed by atoms with Crippen molar-refractivity contribution in [3.8, 4) is 0 Å².